The molecule has 2 amide bonds. The number of nitrogens with zero attached hydrogens (tertiary/aromatic N) is 2. The third-order valence-electron chi connectivity index (χ3n) is 5.48. The summed E-state index contributed by atoms with van der Waals surface area (Å²) in [5.74, 6) is -0.838. The first kappa shape index (κ1) is 27.6. The molecule has 0 radical (unpaired) electrons. The Morgan fingerprint density at radius 2 is 1.49 bits per heavy atom. The van der Waals surface area contributed by atoms with Gasteiger partial charge in [-0.1, -0.05) is 60.7 Å². The number of hydrogen-bond donors (Lipinski definition) is 3. The molecule has 9 nitrogen and oxygen atoms in total. The van der Waals surface area contributed by atoms with Gasteiger partial charge in [-0.2, -0.15) is 0 Å². The van der Waals surface area contributed by atoms with Gasteiger partial charge in [-0.15, -0.1) is 0 Å². The number of amides is 2. The topological polar surface area (TPSA) is 128 Å². The van der Waals surface area contributed by atoms with Crippen LogP contribution in [0.25, 0.3) is 0 Å². The number of hydrogen-bond acceptors (Lipinski definition) is 6. The molecule has 0 unspecified atom stereocenters. The number of imidazole rings is 1. The van der Waals surface area contributed by atoms with Crippen molar-refractivity contribution in [3.05, 3.63) is 90.0 Å². The van der Waals surface area contributed by atoms with Crippen LogP contribution in [-0.2, 0) is 28.8 Å². The number of carbonyl (C=O) groups is 3. The first-order valence-electron chi connectivity index (χ1n) is 12.3. The average molecular weight is 506 g/mol. The van der Waals surface area contributed by atoms with Crippen LogP contribution >= 0.6 is 0 Å². The van der Waals surface area contributed by atoms with Crippen LogP contribution in [-0.4, -0.2) is 51.7 Å². The van der Waals surface area contributed by atoms with Crippen LogP contribution < -0.4 is 16.4 Å². The van der Waals surface area contributed by atoms with E-state index in [1.807, 2.05) is 60.7 Å². The van der Waals surface area contributed by atoms with E-state index in [-0.39, 0.29) is 18.7 Å². The summed E-state index contributed by atoms with van der Waals surface area (Å²) >= 11 is 0. The zero-order valence-corrected chi connectivity index (χ0v) is 21.5. The lowest BCUT2D eigenvalue weighted by Crippen LogP contribution is -2.54. The molecule has 37 heavy (non-hydrogen) atoms. The van der Waals surface area contributed by atoms with Crippen molar-refractivity contribution in [2.24, 2.45) is 5.73 Å². The fourth-order valence-electron chi connectivity index (χ4n) is 3.77. The molecule has 1 heterocycles. The Morgan fingerprint density at radius 1 is 0.919 bits per heavy atom. The van der Waals surface area contributed by atoms with E-state index in [0.717, 1.165) is 11.1 Å². The van der Waals surface area contributed by atoms with Gasteiger partial charge in [0, 0.05) is 25.5 Å². The zero-order valence-electron chi connectivity index (χ0n) is 21.5. The Labute approximate surface area is 217 Å². The monoisotopic (exact) mass is 505 g/mol. The number of nitrogens with one attached hydrogen (secondary N) is 2. The van der Waals surface area contributed by atoms with Crippen molar-refractivity contribution < 1.29 is 19.1 Å². The molecule has 2 aromatic carbocycles. The minimum atomic E-state index is -0.959. The minimum Gasteiger partial charge on any atom is -0.444 e. The molecule has 0 aliphatic rings. The molecule has 0 aliphatic carbocycles. The van der Waals surface area contributed by atoms with Gasteiger partial charge >= 0.3 is 6.09 Å². The highest BCUT2D eigenvalue weighted by Gasteiger charge is 2.29. The van der Waals surface area contributed by atoms with Gasteiger partial charge in [0.1, 0.15) is 24.0 Å². The van der Waals surface area contributed by atoms with E-state index in [0.29, 0.717) is 18.7 Å². The van der Waals surface area contributed by atoms with Gasteiger partial charge in [-0.05, 0) is 38.4 Å². The van der Waals surface area contributed by atoms with Crippen molar-refractivity contribution in [1.29, 1.82) is 0 Å². The molecule has 2 atom stereocenters. The number of alkyl carbamates (subject to hydrolysis) is 1. The van der Waals surface area contributed by atoms with Crippen LogP contribution in [0.15, 0.2) is 73.2 Å². The van der Waals surface area contributed by atoms with Crippen LogP contribution in [0.2, 0.25) is 0 Å². The highest BCUT2D eigenvalue weighted by atomic mass is 16.6. The molecule has 196 valence electrons. The standard InChI is InChI=1S/C28H35N5O4/c1-28(2,3)37-27(36)32-23(16-20-10-6-4-7-11-20)25(34)31-24(17-21-12-8-5-9-13-21)26(35)33-18-22(14-15-29)30-19-33/h4-13,18-19,23-24H,14-17,29H2,1-3H3,(H,31,34)(H,32,36)/t23-,24-/m0/s1. The molecule has 9 heteroatoms. The lowest BCUT2D eigenvalue weighted by molar-refractivity contribution is -0.123. The Balaban J connectivity index is 1.84. The predicted octanol–water partition coefficient (Wildman–Crippen LogP) is 2.89. The second-order valence-corrected chi connectivity index (χ2v) is 9.79. The zero-order chi connectivity index (χ0) is 26.8. The maximum absolute atomic E-state index is 13.5. The van der Waals surface area contributed by atoms with E-state index in [9.17, 15) is 14.4 Å². The first-order chi connectivity index (χ1) is 17.6. The van der Waals surface area contributed by atoms with Gasteiger partial charge in [-0.25, -0.2) is 9.78 Å². The number of carbonyl (C=O) groups excluding carboxylic acids is 3. The second kappa shape index (κ2) is 12.8. The summed E-state index contributed by atoms with van der Waals surface area (Å²) in [6, 6.07) is 16.9. The molecule has 0 spiro atoms. The lowest BCUT2D eigenvalue weighted by atomic mass is 10.0. The molecule has 0 saturated heterocycles. The van der Waals surface area contributed by atoms with Gasteiger partial charge in [-0.3, -0.25) is 14.2 Å². The van der Waals surface area contributed by atoms with E-state index in [2.05, 4.69) is 15.6 Å². The molecule has 0 fully saturated rings. The summed E-state index contributed by atoms with van der Waals surface area (Å²) < 4.78 is 6.75. The van der Waals surface area contributed by atoms with Crippen molar-refractivity contribution >= 4 is 17.9 Å². The predicted molar refractivity (Wildman–Crippen MR) is 141 cm³/mol. The summed E-state index contributed by atoms with van der Waals surface area (Å²) in [7, 11) is 0. The third-order valence-corrected chi connectivity index (χ3v) is 5.48. The molecule has 0 saturated carbocycles. The van der Waals surface area contributed by atoms with E-state index in [1.165, 1.54) is 10.9 Å². The molecule has 3 rings (SSSR count). The van der Waals surface area contributed by atoms with Crippen molar-refractivity contribution in [2.75, 3.05) is 6.54 Å². The molecule has 4 N–H and O–H groups in total. The summed E-state index contributed by atoms with van der Waals surface area (Å²) in [6.45, 7) is 5.65. The summed E-state index contributed by atoms with van der Waals surface area (Å²) in [5, 5.41) is 5.53. The summed E-state index contributed by atoms with van der Waals surface area (Å²) in [6.07, 6.45) is 3.37. The maximum atomic E-state index is 13.5. The van der Waals surface area contributed by atoms with E-state index in [1.54, 1.807) is 27.0 Å². The first-order valence-corrected chi connectivity index (χ1v) is 12.3. The number of aromatic nitrogens is 2. The Bertz CT molecular complexity index is 1170. The molecule has 1 aromatic heterocycles. The molecule has 0 aliphatic heterocycles. The van der Waals surface area contributed by atoms with Crippen LogP contribution in [0.1, 0.15) is 42.4 Å². The van der Waals surface area contributed by atoms with Crippen LogP contribution in [0.5, 0.6) is 0 Å². The third kappa shape index (κ3) is 8.88. The smallest absolute Gasteiger partial charge is 0.408 e. The normalized spacial score (nSPS) is 12.9. The highest BCUT2D eigenvalue weighted by Crippen LogP contribution is 2.11. The SMILES string of the molecule is CC(C)(C)OC(=O)N[C@@H](Cc1ccccc1)C(=O)N[C@@H](Cc1ccccc1)C(=O)n1cnc(CCN)c1. The highest BCUT2D eigenvalue weighted by molar-refractivity contribution is 5.92. The lowest BCUT2D eigenvalue weighted by Gasteiger charge is -2.25. The summed E-state index contributed by atoms with van der Waals surface area (Å²) in [5.41, 5.74) is 7.30. The van der Waals surface area contributed by atoms with Gasteiger partial charge < -0.3 is 21.1 Å². The average Bonchev–Trinajstić information content (AvgIpc) is 3.32. The molecule has 0 bridgehead atoms. The maximum Gasteiger partial charge on any atom is 0.408 e. The van der Waals surface area contributed by atoms with Crippen molar-refractivity contribution in [3.63, 3.8) is 0 Å². The van der Waals surface area contributed by atoms with E-state index >= 15 is 0 Å². The quantitative estimate of drug-likeness (QED) is 0.389. The Kier molecular flexibility index (Phi) is 9.57. The number of ether oxygens (including phenoxy) is 1. The van der Waals surface area contributed by atoms with Crippen LogP contribution in [0.3, 0.4) is 0 Å². The number of rotatable bonds is 10. The number of benzene rings is 2. The summed E-state index contributed by atoms with van der Waals surface area (Å²) in [4.78, 5) is 43.8. The second-order valence-electron chi connectivity index (χ2n) is 9.79. The largest absolute Gasteiger partial charge is 0.444 e. The Morgan fingerprint density at radius 3 is 2.03 bits per heavy atom. The minimum absolute atomic E-state index is 0.226. The van der Waals surface area contributed by atoms with Gasteiger partial charge in [0.15, 0.2) is 0 Å². The molecular weight excluding hydrogens is 470 g/mol. The van der Waals surface area contributed by atoms with Gasteiger partial charge in [0.2, 0.25) is 5.91 Å². The number of nitrogens with two attached hydrogens (primary N) is 1. The van der Waals surface area contributed by atoms with E-state index < -0.39 is 29.7 Å². The van der Waals surface area contributed by atoms with Crippen LogP contribution in [0, 0.1) is 0 Å². The fraction of sp³-hybridized carbons (Fsp3) is 0.357. The molecule has 3 aromatic rings. The van der Waals surface area contributed by atoms with Gasteiger partial charge in [0.05, 0.1) is 5.69 Å². The van der Waals surface area contributed by atoms with Gasteiger partial charge in [0.25, 0.3) is 5.91 Å². The van der Waals surface area contributed by atoms with E-state index in [4.69, 9.17) is 10.5 Å². The fourth-order valence-corrected chi connectivity index (χ4v) is 3.77. The Hall–Kier alpha value is -3.98. The van der Waals surface area contributed by atoms with Crippen LogP contribution in [0.4, 0.5) is 4.79 Å². The van der Waals surface area contributed by atoms with Crippen molar-refractivity contribution in [2.45, 2.75) is 57.7 Å². The molecular formula is C28H35N5O4. The van der Waals surface area contributed by atoms with Crippen molar-refractivity contribution in [1.82, 2.24) is 20.2 Å². The van der Waals surface area contributed by atoms with Crippen molar-refractivity contribution in [3.8, 4) is 0 Å².